The van der Waals surface area contributed by atoms with Gasteiger partial charge < -0.3 is 10.1 Å². The van der Waals surface area contributed by atoms with E-state index in [0.717, 1.165) is 36.6 Å². The average Bonchev–Trinajstić information content (AvgIpc) is 2.79. The summed E-state index contributed by atoms with van der Waals surface area (Å²) >= 11 is 0. The van der Waals surface area contributed by atoms with Crippen molar-refractivity contribution >= 4 is 0 Å². The normalized spacial score (nSPS) is 19.4. The molecule has 0 spiro atoms. The van der Waals surface area contributed by atoms with Crippen LogP contribution in [0.25, 0.3) is 0 Å². The Labute approximate surface area is 96.0 Å². The molecule has 0 amide bonds. The number of rotatable bonds is 3. The van der Waals surface area contributed by atoms with Gasteiger partial charge in [-0.1, -0.05) is 0 Å². The topological polar surface area (TPSA) is 45.0 Å². The SMILES string of the molecule is Cc1cc(OCC2CCNC2)ccc1C#N. The molecule has 1 aliphatic rings. The molecular formula is C13H16N2O. The highest BCUT2D eigenvalue weighted by Crippen LogP contribution is 2.18. The highest BCUT2D eigenvalue weighted by atomic mass is 16.5. The number of hydrogen-bond acceptors (Lipinski definition) is 3. The molecule has 1 aromatic carbocycles. The lowest BCUT2D eigenvalue weighted by Gasteiger charge is -2.11. The molecule has 1 saturated heterocycles. The smallest absolute Gasteiger partial charge is 0.119 e. The molecule has 0 aliphatic carbocycles. The first-order valence-corrected chi connectivity index (χ1v) is 5.64. The molecule has 84 valence electrons. The lowest BCUT2D eigenvalue weighted by Crippen LogP contribution is -2.15. The molecule has 16 heavy (non-hydrogen) atoms. The van der Waals surface area contributed by atoms with Crippen LogP contribution in [0.4, 0.5) is 0 Å². The van der Waals surface area contributed by atoms with Crippen LogP contribution in [0.15, 0.2) is 18.2 Å². The number of hydrogen-bond donors (Lipinski definition) is 1. The van der Waals surface area contributed by atoms with E-state index in [1.54, 1.807) is 0 Å². The number of nitriles is 1. The number of nitrogens with one attached hydrogen (secondary N) is 1. The molecule has 0 bridgehead atoms. The molecule has 2 rings (SSSR count). The van der Waals surface area contributed by atoms with Crippen molar-refractivity contribution in [1.82, 2.24) is 5.32 Å². The predicted molar refractivity (Wildman–Crippen MR) is 62.4 cm³/mol. The molecule has 1 fully saturated rings. The molecule has 0 radical (unpaired) electrons. The van der Waals surface area contributed by atoms with E-state index in [4.69, 9.17) is 10.00 Å². The summed E-state index contributed by atoms with van der Waals surface area (Å²) in [7, 11) is 0. The van der Waals surface area contributed by atoms with Crippen molar-refractivity contribution in [3.05, 3.63) is 29.3 Å². The van der Waals surface area contributed by atoms with E-state index >= 15 is 0 Å². The monoisotopic (exact) mass is 216 g/mol. The summed E-state index contributed by atoms with van der Waals surface area (Å²) in [6, 6.07) is 7.77. The Bertz CT molecular complexity index is 403. The lowest BCUT2D eigenvalue weighted by molar-refractivity contribution is 0.260. The van der Waals surface area contributed by atoms with Gasteiger partial charge in [-0.3, -0.25) is 0 Å². The van der Waals surface area contributed by atoms with Gasteiger partial charge in [-0.2, -0.15) is 5.26 Å². The van der Waals surface area contributed by atoms with E-state index in [2.05, 4.69) is 11.4 Å². The third-order valence-electron chi connectivity index (χ3n) is 2.97. The number of ether oxygens (including phenoxy) is 1. The Morgan fingerprint density at radius 1 is 1.56 bits per heavy atom. The molecule has 1 unspecified atom stereocenters. The Morgan fingerprint density at radius 3 is 3.06 bits per heavy atom. The Balaban J connectivity index is 1.94. The molecule has 1 heterocycles. The van der Waals surface area contributed by atoms with Crippen molar-refractivity contribution in [3.63, 3.8) is 0 Å². The van der Waals surface area contributed by atoms with Crippen molar-refractivity contribution in [2.75, 3.05) is 19.7 Å². The number of aryl methyl sites for hydroxylation is 1. The fourth-order valence-corrected chi connectivity index (χ4v) is 1.92. The highest BCUT2D eigenvalue weighted by molar-refractivity contribution is 5.41. The molecule has 0 saturated carbocycles. The second kappa shape index (κ2) is 5.00. The summed E-state index contributed by atoms with van der Waals surface area (Å²) < 4.78 is 5.72. The Kier molecular flexibility index (Phi) is 3.43. The Hall–Kier alpha value is -1.53. The van der Waals surface area contributed by atoms with Gasteiger partial charge in [-0.05, 0) is 43.7 Å². The second-order valence-electron chi connectivity index (χ2n) is 4.26. The maximum atomic E-state index is 8.81. The van der Waals surface area contributed by atoms with Crippen LogP contribution < -0.4 is 10.1 Å². The zero-order chi connectivity index (χ0) is 11.4. The van der Waals surface area contributed by atoms with E-state index in [-0.39, 0.29) is 0 Å². The molecule has 3 heteroatoms. The molecule has 0 aromatic heterocycles. The van der Waals surface area contributed by atoms with E-state index < -0.39 is 0 Å². The first-order valence-electron chi connectivity index (χ1n) is 5.64. The van der Waals surface area contributed by atoms with Gasteiger partial charge >= 0.3 is 0 Å². The van der Waals surface area contributed by atoms with Crippen LogP contribution in [0.3, 0.4) is 0 Å². The van der Waals surface area contributed by atoms with Crippen LogP contribution in [0.2, 0.25) is 0 Å². The minimum Gasteiger partial charge on any atom is -0.493 e. The molecule has 1 aliphatic heterocycles. The Morgan fingerprint density at radius 2 is 2.44 bits per heavy atom. The molecule has 3 nitrogen and oxygen atoms in total. The summed E-state index contributed by atoms with van der Waals surface area (Å²) in [6.07, 6.45) is 1.19. The zero-order valence-electron chi connectivity index (χ0n) is 9.49. The largest absolute Gasteiger partial charge is 0.493 e. The van der Waals surface area contributed by atoms with Gasteiger partial charge in [0.2, 0.25) is 0 Å². The number of benzene rings is 1. The number of nitrogens with zero attached hydrogens (tertiary/aromatic N) is 1. The van der Waals surface area contributed by atoms with E-state index in [1.807, 2.05) is 25.1 Å². The van der Waals surface area contributed by atoms with Crippen LogP contribution in [0.5, 0.6) is 5.75 Å². The molecule has 1 atom stereocenters. The summed E-state index contributed by atoms with van der Waals surface area (Å²) in [5.41, 5.74) is 1.69. The van der Waals surface area contributed by atoms with Crippen LogP contribution in [0, 0.1) is 24.2 Å². The van der Waals surface area contributed by atoms with Gasteiger partial charge in [0, 0.05) is 12.5 Å². The predicted octanol–water partition coefficient (Wildman–Crippen LogP) is 1.85. The zero-order valence-corrected chi connectivity index (χ0v) is 9.49. The first-order chi connectivity index (χ1) is 7.79. The van der Waals surface area contributed by atoms with Gasteiger partial charge in [0.25, 0.3) is 0 Å². The summed E-state index contributed by atoms with van der Waals surface area (Å²) in [4.78, 5) is 0. The van der Waals surface area contributed by atoms with E-state index in [9.17, 15) is 0 Å². The maximum Gasteiger partial charge on any atom is 0.119 e. The van der Waals surface area contributed by atoms with Crippen molar-refractivity contribution in [1.29, 1.82) is 5.26 Å². The van der Waals surface area contributed by atoms with E-state index in [1.165, 1.54) is 6.42 Å². The first kappa shape index (κ1) is 11.0. The average molecular weight is 216 g/mol. The minimum absolute atomic E-state index is 0.621. The molecule has 1 aromatic rings. The highest BCUT2D eigenvalue weighted by Gasteiger charge is 2.14. The molecule has 1 N–H and O–H groups in total. The fourth-order valence-electron chi connectivity index (χ4n) is 1.92. The second-order valence-corrected chi connectivity index (χ2v) is 4.26. The fraction of sp³-hybridized carbons (Fsp3) is 0.462. The standard InChI is InChI=1S/C13H16N2O/c1-10-6-13(3-2-12(10)7-14)16-9-11-4-5-15-8-11/h2-3,6,11,15H,4-5,8-9H2,1H3. The quantitative estimate of drug-likeness (QED) is 0.838. The van der Waals surface area contributed by atoms with Gasteiger partial charge in [0.15, 0.2) is 0 Å². The van der Waals surface area contributed by atoms with Crippen LogP contribution in [-0.2, 0) is 0 Å². The van der Waals surface area contributed by atoms with Crippen LogP contribution >= 0.6 is 0 Å². The summed E-state index contributed by atoms with van der Waals surface area (Å²) in [5, 5.41) is 12.1. The third kappa shape index (κ3) is 2.53. The minimum atomic E-state index is 0.621. The van der Waals surface area contributed by atoms with Gasteiger partial charge in [-0.15, -0.1) is 0 Å². The maximum absolute atomic E-state index is 8.81. The summed E-state index contributed by atoms with van der Waals surface area (Å²) in [6.45, 7) is 4.84. The van der Waals surface area contributed by atoms with Gasteiger partial charge in [-0.25, -0.2) is 0 Å². The van der Waals surface area contributed by atoms with Crippen molar-refractivity contribution in [2.24, 2.45) is 5.92 Å². The lowest BCUT2D eigenvalue weighted by atomic mass is 10.1. The van der Waals surface area contributed by atoms with Crippen molar-refractivity contribution in [3.8, 4) is 11.8 Å². The molecular weight excluding hydrogens is 200 g/mol. The van der Waals surface area contributed by atoms with Gasteiger partial charge in [0.05, 0.1) is 18.2 Å². The third-order valence-corrected chi connectivity index (χ3v) is 2.97. The van der Waals surface area contributed by atoms with E-state index in [0.29, 0.717) is 5.92 Å². The summed E-state index contributed by atoms with van der Waals surface area (Å²) in [5.74, 6) is 1.49. The van der Waals surface area contributed by atoms with Crippen LogP contribution in [0.1, 0.15) is 17.5 Å². The van der Waals surface area contributed by atoms with Gasteiger partial charge in [0.1, 0.15) is 5.75 Å². The van der Waals surface area contributed by atoms with Crippen molar-refractivity contribution < 1.29 is 4.74 Å². The van der Waals surface area contributed by atoms with Crippen molar-refractivity contribution in [2.45, 2.75) is 13.3 Å². The van der Waals surface area contributed by atoms with Crippen LogP contribution in [-0.4, -0.2) is 19.7 Å².